The van der Waals surface area contributed by atoms with Gasteiger partial charge in [0, 0.05) is 44.3 Å². The van der Waals surface area contributed by atoms with E-state index in [0.717, 1.165) is 16.8 Å². The Kier molecular flexibility index (Phi) is 6.04. The number of aliphatic hydroxyl groups is 1. The van der Waals surface area contributed by atoms with E-state index in [2.05, 4.69) is 44.2 Å². The average molecular weight is 431 g/mol. The van der Waals surface area contributed by atoms with Crippen molar-refractivity contribution in [3.63, 3.8) is 0 Å². The number of halogens is 2. The van der Waals surface area contributed by atoms with Crippen molar-refractivity contribution in [2.75, 3.05) is 25.5 Å². The topological polar surface area (TPSA) is 65.6 Å². The van der Waals surface area contributed by atoms with Gasteiger partial charge in [0.1, 0.15) is 5.82 Å². The van der Waals surface area contributed by atoms with Crippen LogP contribution in [0.15, 0.2) is 47.0 Å². The summed E-state index contributed by atoms with van der Waals surface area (Å²) >= 11 is 6.11. The molecular weight excluding hydrogens is 407 g/mol. The molecule has 2 aromatic carbocycles. The second-order valence-corrected chi connectivity index (χ2v) is 8.26. The second kappa shape index (κ2) is 8.71. The molecule has 2 atom stereocenters. The molecule has 4 rings (SSSR count). The molecule has 3 aromatic rings. The van der Waals surface area contributed by atoms with Crippen LogP contribution in [0.5, 0.6) is 0 Å². The molecule has 1 N–H and O–H groups in total. The van der Waals surface area contributed by atoms with Crippen LogP contribution in [0.3, 0.4) is 0 Å². The van der Waals surface area contributed by atoms with E-state index < -0.39 is 6.10 Å². The van der Waals surface area contributed by atoms with E-state index in [1.165, 1.54) is 12.1 Å². The summed E-state index contributed by atoms with van der Waals surface area (Å²) in [5.41, 5.74) is 3.02. The molecule has 2 unspecified atom stereocenters. The highest BCUT2D eigenvalue weighted by Crippen LogP contribution is 2.33. The molecule has 1 aliphatic heterocycles. The van der Waals surface area contributed by atoms with Crippen LogP contribution in [0.4, 0.5) is 10.1 Å². The Morgan fingerprint density at radius 3 is 2.70 bits per heavy atom. The minimum atomic E-state index is -0.446. The van der Waals surface area contributed by atoms with Crippen LogP contribution in [0, 0.1) is 5.82 Å². The number of aliphatic hydroxyl groups excluding tert-OH is 1. The highest BCUT2D eigenvalue weighted by molar-refractivity contribution is 6.31. The first-order chi connectivity index (χ1) is 14.4. The third-order valence-electron chi connectivity index (χ3n) is 5.35. The van der Waals surface area contributed by atoms with E-state index in [4.69, 9.17) is 16.1 Å². The van der Waals surface area contributed by atoms with Gasteiger partial charge in [0.2, 0.25) is 5.89 Å². The SMILES string of the molecule is CN(C)c1ccc(CN2CC(O)CC2c2nc(Cc3ccc(F)cc3Cl)no2)cc1. The average Bonchev–Trinajstić information content (AvgIpc) is 3.30. The Morgan fingerprint density at radius 2 is 2.00 bits per heavy atom. The molecule has 0 amide bonds. The van der Waals surface area contributed by atoms with Crippen molar-refractivity contribution < 1.29 is 14.0 Å². The fourth-order valence-electron chi connectivity index (χ4n) is 3.76. The number of hydrogen-bond acceptors (Lipinski definition) is 6. The zero-order chi connectivity index (χ0) is 21.3. The van der Waals surface area contributed by atoms with E-state index in [-0.39, 0.29) is 11.9 Å². The van der Waals surface area contributed by atoms with E-state index in [9.17, 15) is 9.50 Å². The molecule has 0 radical (unpaired) electrons. The Balaban J connectivity index is 1.48. The van der Waals surface area contributed by atoms with Crippen molar-refractivity contribution in [3.8, 4) is 0 Å². The number of benzene rings is 2. The quantitative estimate of drug-likeness (QED) is 0.641. The van der Waals surface area contributed by atoms with Crippen molar-refractivity contribution in [3.05, 3.63) is 76.1 Å². The number of nitrogens with zero attached hydrogens (tertiary/aromatic N) is 4. The van der Waals surface area contributed by atoms with Gasteiger partial charge in [-0.05, 0) is 41.8 Å². The molecule has 1 fully saturated rings. The smallest absolute Gasteiger partial charge is 0.244 e. The number of likely N-dealkylation sites (tertiary alicyclic amines) is 1. The first kappa shape index (κ1) is 20.8. The molecule has 1 saturated heterocycles. The third-order valence-corrected chi connectivity index (χ3v) is 5.70. The molecular formula is C22H24ClFN4O2. The third kappa shape index (κ3) is 4.64. The standard InChI is InChI=1S/C22H24ClFN4O2/c1-27(2)17-7-3-14(4-8-17)12-28-13-18(29)11-20(28)22-25-21(26-30-22)9-15-5-6-16(24)10-19(15)23/h3-8,10,18,20,29H,9,11-13H2,1-2H3. The van der Waals surface area contributed by atoms with Crippen LogP contribution < -0.4 is 4.90 Å². The summed E-state index contributed by atoms with van der Waals surface area (Å²) < 4.78 is 18.8. The Morgan fingerprint density at radius 1 is 1.23 bits per heavy atom. The maximum atomic E-state index is 13.2. The predicted octanol–water partition coefficient (Wildman–Crippen LogP) is 3.83. The van der Waals surface area contributed by atoms with Crippen LogP contribution in [0.1, 0.15) is 35.3 Å². The van der Waals surface area contributed by atoms with Gasteiger partial charge >= 0.3 is 0 Å². The maximum Gasteiger partial charge on any atom is 0.244 e. The lowest BCUT2D eigenvalue weighted by Crippen LogP contribution is -2.24. The second-order valence-electron chi connectivity index (χ2n) is 7.86. The molecule has 0 saturated carbocycles. The number of aromatic nitrogens is 2. The summed E-state index contributed by atoms with van der Waals surface area (Å²) in [6.07, 6.45) is 0.441. The number of β-amino-alcohol motifs (C(OH)–C–C–N with tert-alkyl or cyclic N) is 1. The van der Waals surface area contributed by atoms with Crippen LogP contribution in [0.25, 0.3) is 0 Å². The van der Waals surface area contributed by atoms with Crippen molar-refractivity contribution in [1.29, 1.82) is 0 Å². The highest BCUT2D eigenvalue weighted by atomic mass is 35.5. The Bertz CT molecular complexity index is 1010. The van der Waals surface area contributed by atoms with Crippen LogP contribution in [-0.4, -0.2) is 46.9 Å². The first-order valence-corrected chi connectivity index (χ1v) is 10.2. The molecule has 2 heterocycles. The highest BCUT2D eigenvalue weighted by Gasteiger charge is 2.35. The fourth-order valence-corrected chi connectivity index (χ4v) is 3.99. The van der Waals surface area contributed by atoms with Gasteiger partial charge in [-0.25, -0.2) is 4.39 Å². The van der Waals surface area contributed by atoms with Gasteiger partial charge in [0.25, 0.3) is 0 Å². The summed E-state index contributed by atoms with van der Waals surface area (Å²) in [5, 5.41) is 14.6. The van der Waals surface area contributed by atoms with E-state index >= 15 is 0 Å². The molecule has 1 aromatic heterocycles. The van der Waals surface area contributed by atoms with Crippen molar-refractivity contribution in [2.45, 2.75) is 31.5 Å². The van der Waals surface area contributed by atoms with Gasteiger partial charge in [-0.15, -0.1) is 0 Å². The summed E-state index contributed by atoms with van der Waals surface area (Å²) in [6, 6.07) is 12.4. The van der Waals surface area contributed by atoms with Gasteiger partial charge in [0.05, 0.1) is 12.1 Å². The maximum absolute atomic E-state index is 13.2. The molecule has 0 aliphatic carbocycles. The van der Waals surface area contributed by atoms with Gasteiger partial charge in [-0.2, -0.15) is 4.98 Å². The molecule has 6 nitrogen and oxygen atoms in total. The first-order valence-electron chi connectivity index (χ1n) is 9.84. The van der Waals surface area contributed by atoms with Gasteiger partial charge in [-0.1, -0.05) is 35.0 Å². The van der Waals surface area contributed by atoms with Gasteiger partial charge < -0.3 is 14.5 Å². The van der Waals surface area contributed by atoms with Crippen LogP contribution in [0.2, 0.25) is 5.02 Å². The largest absolute Gasteiger partial charge is 0.392 e. The molecule has 30 heavy (non-hydrogen) atoms. The Hall–Kier alpha value is -2.48. The van der Waals surface area contributed by atoms with E-state index in [0.29, 0.717) is 42.7 Å². The lowest BCUT2D eigenvalue weighted by Gasteiger charge is -2.21. The summed E-state index contributed by atoms with van der Waals surface area (Å²) in [7, 11) is 4.02. The lowest BCUT2D eigenvalue weighted by molar-refractivity contribution is 0.169. The van der Waals surface area contributed by atoms with Crippen molar-refractivity contribution in [2.24, 2.45) is 0 Å². The van der Waals surface area contributed by atoms with Crippen LogP contribution in [-0.2, 0) is 13.0 Å². The minimum absolute atomic E-state index is 0.154. The van der Waals surface area contributed by atoms with Gasteiger partial charge in [0.15, 0.2) is 5.82 Å². The molecule has 158 valence electrons. The van der Waals surface area contributed by atoms with Crippen molar-refractivity contribution >= 4 is 17.3 Å². The van der Waals surface area contributed by atoms with Crippen molar-refractivity contribution in [1.82, 2.24) is 15.0 Å². The molecule has 8 heteroatoms. The fraction of sp³-hybridized carbons (Fsp3) is 0.364. The number of hydrogen-bond donors (Lipinski definition) is 1. The zero-order valence-electron chi connectivity index (χ0n) is 16.9. The number of rotatable bonds is 6. The lowest BCUT2D eigenvalue weighted by atomic mass is 10.1. The predicted molar refractivity (Wildman–Crippen MR) is 113 cm³/mol. The number of anilines is 1. The van der Waals surface area contributed by atoms with E-state index in [1.54, 1.807) is 6.07 Å². The van der Waals surface area contributed by atoms with E-state index in [1.807, 2.05) is 14.1 Å². The summed E-state index contributed by atoms with van der Waals surface area (Å²) in [4.78, 5) is 8.73. The molecule has 1 aliphatic rings. The molecule has 0 bridgehead atoms. The minimum Gasteiger partial charge on any atom is -0.392 e. The zero-order valence-corrected chi connectivity index (χ0v) is 17.7. The van der Waals surface area contributed by atoms with Gasteiger partial charge in [-0.3, -0.25) is 4.90 Å². The summed E-state index contributed by atoms with van der Waals surface area (Å²) in [5.74, 6) is 0.576. The summed E-state index contributed by atoms with van der Waals surface area (Å²) in [6.45, 7) is 1.22. The monoisotopic (exact) mass is 430 g/mol. The molecule has 0 spiro atoms. The Labute approximate surface area is 179 Å². The normalized spacial score (nSPS) is 19.4. The van der Waals surface area contributed by atoms with Crippen LogP contribution >= 0.6 is 11.6 Å².